The van der Waals surface area contributed by atoms with Gasteiger partial charge in [-0.3, -0.25) is 0 Å². The molecule has 2 aromatic carbocycles. The Labute approximate surface area is 170 Å². The molecule has 2 N–H and O–H groups in total. The minimum atomic E-state index is -0.810. The van der Waals surface area contributed by atoms with Crippen LogP contribution in [0.1, 0.15) is 33.4 Å². The maximum absolute atomic E-state index is 14.6. The van der Waals surface area contributed by atoms with Crippen LogP contribution in [0.5, 0.6) is 0 Å². The fourth-order valence-electron chi connectivity index (χ4n) is 3.54. The van der Waals surface area contributed by atoms with E-state index in [1.54, 1.807) is 12.1 Å². The average Bonchev–Trinajstić information content (AvgIpc) is 3.22. The number of carbonyl (C=O) groups excluding carboxylic acids is 2. The van der Waals surface area contributed by atoms with E-state index in [1.165, 1.54) is 36.5 Å². The van der Waals surface area contributed by atoms with Gasteiger partial charge in [-0.05, 0) is 30.3 Å². The van der Waals surface area contributed by atoms with E-state index in [4.69, 9.17) is 0 Å². The van der Waals surface area contributed by atoms with Crippen molar-refractivity contribution in [1.29, 1.82) is 0 Å². The van der Waals surface area contributed by atoms with Gasteiger partial charge in [-0.15, -0.1) is 0 Å². The number of halogens is 2. The van der Waals surface area contributed by atoms with Gasteiger partial charge in [0, 0.05) is 36.0 Å². The standard InChI is InChI=1S/C21H18F2N4O3/c1-30-20(28)12-2-5-14(6-3-12)26-21(29)27-9-8-17-18(25-11-24-17)19(27)15-7-4-13(22)10-16(15)23/h2-7,10-11,19H,8-9H2,1H3,(H,24,25)(H,26,29). The summed E-state index contributed by atoms with van der Waals surface area (Å²) in [6.45, 7) is 0.308. The lowest BCUT2D eigenvalue weighted by molar-refractivity contribution is 0.0600. The van der Waals surface area contributed by atoms with Gasteiger partial charge in [0.2, 0.25) is 0 Å². The molecule has 1 unspecified atom stereocenters. The van der Waals surface area contributed by atoms with Crippen LogP contribution in [0.4, 0.5) is 19.3 Å². The molecule has 0 saturated heterocycles. The summed E-state index contributed by atoms with van der Waals surface area (Å²) in [5.41, 5.74) is 2.28. The van der Waals surface area contributed by atoms with Crippen LogP contribution in [0.15, 0.2) is 48.8 Å². The fraction of sp³-hybridized carbons (Fsp3) is 0.190. The Morgan fingerprint density at radius 3 is 2.67 bits per heavy atom. The quantitative estimate of drug-likeness (QED) is 0.643. The molecule has 4 rings (SSSR count). The molecule has 0 aliphatic carbocycles. The van der Waals surface area contributed by atoms with Crippen molar-refractivity contribution >= 4 is 17.7 Å². The predicted molar refractivity (Wildman–Crippen MR) is 104 cm³/mol. The number of imidazole rings is 1. The summed E-state index contributed by atoms with van der Waals surface area (Å²) in [5.74, 6) is -1.94. The van der Waals surface area contributed by atoms with Gasteiger partial charge >= 0.3 is 12.0 Å². The van der Waals surface area contributed by atoms with Gasteiger partial charge in [0.05, 0.1) is 24.7 Å². The highest BCUT2D eigenvalue weighted by Gasteiger charge is 2.35. The second-order valence-electron chi connectivity index (χ2n) is 6.78. The zero-order chi connectivity index (χ0) is 21.3. The molecule has 3 aromatic rings. The van der Waals surface area contributed by atoms with Gasteiger partial charge in [0.15, 0.2) is 0 Å². The van der Waals surface area contributed by atoms with E-state index in [-0.39, 0.29) is 5.56 Å². The maximum Gasteiger partial charge on any atom is 0.337 e. The lowest BCUT2D eigenvalue weighted by Gasteiger charge is -2.35. The van der Waals surface area contributed by atoms with Crippen LogP contribution in [-0.2, 0) is 11.2 Å². The third-order valence-electron chi connectivity index (χ3n) is 5.00. The molecule has 2 heterocycles. The number of anilines is 1. The van der Waals surface area contributed by atoms with Gasteiger partial charge < -0.3 is 19.9 Å². The molecule has 0 spiro atoms. The minimum absolute atomic E-state index is 0.153. The summed E-state index contributed by atoms with van der Waals surface area (Å²) in [7, 11) is 1.28. The lowest BCUT2D eigenvalue weighted by atomic mass is 9.95. The molecule has 154 valence electrons. The number of hydrogen-bond donors (Lipinski definition) is 2. The molecule has 1 aliphatic heterocycles. The van der Waals surface area contributed by atoms with Crippen molar-refractivity contribution in [3.8, 4) is 0 Å². The van der Waals surface area contributed by atoms with Crippen LogP contribution in [0, 0.1) is 11.6 Å². The van der Waals surface area contributed by atoms with Crippen molar-refractivity contribution in [3.05, 3.63) is 82.9 Å². The monoisotopic (exact) mass is 412 g/mol. The normalized spacial score (nSPS) is 15.4. The Balaban J connectivity index is 1.63. The molecular weight excluding hydrogens is 394 g/mol. The van der Waals surface area contributed by atoms with Crippen molar-refractivity contribution in [1.82, 2.24) is 14.9 Å². The molecule has 1 aliphatic rings. The van der Waals surface area contributed by atoms with Crippen LogP contribution >= 0.6 is 0 Å². The number of hydrogen-bond acceptors (Lipinski definition) is 4. The van der Waals surface area contributed by atoms with Crippen LogP contribution in [0.3, 0.4) is 0 Å². The van der Waals surface area contributed by atoms with E-state index in [2.05, 4.69) is 20.0 Å². The number of fused-ring (bicyclic) bond motifs is 1. The Hall–Kier alpha value is -3.75. The van der Waals surface area contributed by atoms with Gasteiger partial charge in [-0.1, -0.05) is 6.07 Å². The predicted octanol–water partition coefficient (Wildman–Crippen LogP) is 3.65. The number of aromatic nitrogens is 2. The SMILES string of the molecule is COC(=O)c1ccc(NC(=O)N2CCc3[nH]cnc3C2c2ccc(F)cc2F)cc1. The second kappa shape index (κ2) is 7.94. The number of rotatable bonds is 3. The zero-order valence-electron chi connectivity index (χ0n) is 16.0. The number of nitrogens with zero attached hydrogens (tertiary/aromatic N) is 2. The van der Waals surface area contributed by atoms with Crippen LogP contribution in [-0.4, -0.2) is 40.5 Å². The van der Waals surface area contributed by atoms with Gasteiger partial charge in [-0.2, -0.15) is 0 Å². The van der Waals surface area contributed by atoms with Crippen LogP contribution in [0.25, 0.3) is 0 Å². The molecule has 9 heteroatoms. The van der Waals surface area contributed by atoms with E-state index in [0.717, 1.165) is 17.8 Å². The smallest absolute Gasteiger partial charge is 0.337 e. The van der Waals surface area contributed by atoms with E-state index in [1.807, 2.05) is 0 Å². The highest BCUT2D eigenvalue weighted by Crippen LogP contribution is 2.35. The van der Waals surface area contributed by atoms with Gasteiger partial charge in [0.25, 0.3) is 0 Å². The number of H-pyrrole nitrogens is 1. The van der Waals surface area contributed by atoms with E-state index in [9.17, 15) is 18.4 Å². The van der Waals surface area contributed by atoms with Crippen molar-refractivity contribution < 1.29 is 23.1 Å². The first-order valence-corrected chi connectivity index (χ1v) is 9.21. The summed E-state index contributed by atoms with van der Waals surface area (Å²) >= 11 is 0. The number of aromatic amines is 1. The summed E-state index contributed by atoms with van der Waals surface area (Å²) in [4.78, 5) is 33.3. The van der Waals surface area contributed by atoms with E-state index in [0.29, 0.717) is 29.9 Å². The number of amides is 2. The maximum atomic E-state index is 14.6. The number of nitrogens with one attached hydrogen (secondary N) is 2. The third-order valence-corrected chi connectivity index (χ3v) is 5.00. The summed E-state index contributed by atoms with van der Waals surface area (Å²) in [6, 6.07) is 8.19. The molecule has 0 bridgehead atoms. The molecule has 2 amide bonds. The lowest BCUT2D eigenvalue weighted by Crippen LogP contribution is -2.43. The van der Waals surface area contributed by atoms with Crippen molar-refractivity contribution in [2.75, 3.05) is 19.0 Å². The van der Waals surface area contributed by atoms with Crippen molar-refractivity contribution in [2.24, 2.45) is 0 Å². The van der Waals surface area contributed by atoms with Crippen LogP contribution < -0.4 is 5.32 Å². The summed E-state index contributed by atoms with van der Waals surface area (Å²) < 4.78 is 32.6. The fourth-order valence-corrected chi connectivity index (χ4v) is 3.54. The molecule has 0 radical (unpaired) electrons. The Kier molecular flexibility index (Phi) is 5.18. The zero-order valence-corrected chi connectivity index (χ0v) is 16.0. The number of urea groups is 1. The number of benzene rings is 2. The third kappa shape index (κ3) is 3.61. The van der Waals surface area contributed by atoms with E-state index < -0.39 is 29.7 Å². The molecule has 0 fully saturated rings. The van der Waals surface area contributed by atoms with Crippen LogP contribution in [0.2, 0.25) is 0 Å². The summed E-state index contributed by atoms with van der Waals surface area (Å²) in [6.07, 6.45) is 2.01. The topological polar surface area (TPSA) is 87.3 Å². The van der Waals surface area contributed by atoms with Crippen molar-refractivity contribution in [3.63, 3.8) is 0 Å². The van der Waals surface area contributed by atoms with E-state index >= 15 is 0 Å². The highest BCUT2D eigenvalue weighted by atomic mass is 19.1. The first-order chi connectivity index (χ1) is 14.5. The van der Waals surface area contributed by atoms with Gasteiger partial charge in [-0.25, -0.2) is 23.4 Å². The van der Waals surface area contributed by atoms with Gasteiger partial charge in [0.1, 0.15) is 17.7 Å². The number of methoxy groups -OCH3 is 1. The van der Waals surface area contributed by atoms with Crippen molar-refractivity contribution in [2.45, 2.75) is 12.5 Å². The molecule has 1 atom stereocenters. The molecule has 30 heavy (non-hydrogen) atoms. The summed E-state index contributed by atoms with van der Waals surface area (Å²) in [5, 5.41) is 2.75. The largest absolute Gasteiger partial charge is 0.465 e. The average molecular weight is 412 g/mol. The molecule has 1 aromatic heterocycles. The minimum Gasteiger partial charge on any atom is -0.465 e. The number of carbonyl (C=O) groups is 2. The Morgan fingerprint density at radius 2 is 1.97 bits per heavy atom. The number of ether oxygens (including phenoxy) is 1. The highest BCUT2D eigenvalue weighted by molar-refractivity contribution is 5.92. The number of esters is 1. The first kappa shape index (κ1) is 19.6. The Bertz CT molecular complexity index is 1100. The second-order valence-corrected chi connectivity index (χ2v) is 6.78. The molecule has 7 nitrogen and oxygen atoms in total. The Morgan fingerprint density at radius 1 is 1.20 bits per heavy atom. The molecule has 0 saturated carbocycles. The molecular formula is C21H18F2N4O3. The first-order valence-electron chi connectivity index (χ1n) is 9.21.